The Bertz CT molecular complexity index is 648. The lowest BCUT2D eigenvalue weighted by molar-refractivity contribution is 0.789. The van der Waals surface area contributed by atoms with Crippen LogP contribution in [0.15, 0.2) is 24.3 Å². The monoisotopic (exact) mass is 254 g/mol. The summed E-state index contributed by atoms with van der Waals surface area (Å²) in [4.78, 5) is 0. The summed E-state index contributed by atoms with van der Waals surface area (Å²) in [6, 6.07) is 9.90. The van der Waals surface area contributed by atoms with Gasteiger partial charge in [0.1, 0.15) is 7.57 Å². The third-order valence-electron chi connectivity index (χ3n) is 4.11. The molecule has 0 spiro atoms. The maximum atomic E-state index is 2.51. The molecular formula is C16H20BP. The van der Waals surface area contributed by atoms with E-state index in [1.807, 2.05) is 0 Å². The minimum absolute atomic E-state index is 0.354. The third kappa shape index (κ3) is 1.01. The highest BCUT2D eigenvalue weighted by atomic mass is 31.2. The van der Waals surface area contributed by atoms with Gasteiger partial charge in [0.15, 0.2) is 0 Å². The SMILES string of the molecule is [BH3-][P+]1(C(C)(C)C)c2ccc3c4c(ccc1c24)CC3. The summed E-state index contributed by atoms with van der Waals surface area (Å²) in [5.74, 6) is 0. The molecular weight excluding hydrogens is 234 g/mol. The number of aryl methyl sites for hydroxylation is 2. The van der Waals surface area contributed by atoms with Gasteiger partial charge in [-0.15, -0.1) is 0 Å². The minimum Gasteiger partial charge on any atom is -0.0861 e. The molecule has 2 aromatic rings. The van der Waals surface area contributed by atoms with E-state index in [9.17, 15) is 0 Å². The van der Waals surface area contributed by atoms with Crippen molar-refractivity contribution in [3.63, 3.8) is 0 Å². The second-order valence-corrected chi connectivity index (χ2v) is 9.22. The second kappa shape index (κ2) is 3.02. The molecule has 0 amide bonds. The van der Waals surface area contributed by atoms with Crippen LogP contribution < -0.4 is 10.6 Å². The second-order valence-electron chi connectivity index (χ2n) is 6.24. The molecule has 0 aromatic heterocycles. The Labute approximate surface area is 110 Å². The molecule has 0 unspecified atom stereocenters. The van der Waals surface area contributed by atoms with Crippen LogP contribution in [0.5, 0.6) is 0 Å². The van der Waals surface area contributed by atoms with Crippen molar-refractivity contribution in [2.45, 2.75) is 38.8 Å². The van der Waals surface area contributed by atoms with Gasteiger partial charge in [-0.05, 0) is 62.3 Å². The van der Waals surface area contributed by atoms with Gasteiger partial charge in [0.2, 0.25) is 0 Å². The fourth-order valence-electron chi connectivity index (χ4n) is 3.47. The normalized spacial score (nSPS) is 19.1. The van der Waals surface area contributed by atoms with Crippen LogP contribution in [0.1, 0.15) is 31.9 Å². The highest BCUT2D eigenvalue weighted by Gasteiger charge is 2.51. The zero-order chi connectivity index (χ0) is 12.7. The summed E-state index contributed by atoms with van der Waals surface area (Å²) in [5.41, 5.74) is 3.23. The van der Waals surface area contributed by atoms with Gasteiger partial charge in [-0.1, -0.05) is 19.3 Å². The van der Waals surface area contributed by atoms with E-state index in [0.717, 1.165) is 0 Å². The van der Waals surface area contributed by atoms with Crippen molar-refractivity contribution >= 4 is 36.1 Å². The predicted octanol–water partition coefficient (Wildman–Crippen LogP) is 2.30. The molecule has 0 nitrogen and oxygen atoms in total. The van der Waals surface area contributed by atoms with Crippen molar-refractivity contribution in [2.24, 2.45) is 0 Å². The minimum atomic E-state index is -0.855. The van der Waals surface area contributed by atoms with Gasteiger partial charge in [-0.25, -0.2) is 0 Å². The molecule has 0 atom stereocenters. The summed E-state index contributed by atoms with van der Waals surface area (Å²) in [7, 11) is -0.500. The van der Waals surface area contributed by atoms with Gasteiger partial charge in [0.05, 0.1) is 16.0 Å². The first-order chi connectivity index (χ1) is 8.44. The summed E-state index contributed by atoms with van der Waals surface area (Å²) < 4.78 is 0. The van der Waals surface area contributed by atoms with Gasteiger partial charge >= 0.3 is 0 Å². The first-order valence-electron chi connectivity index (χ1n) is 6.45. The molecule has 1 aliphatic heterocycles. The largest absolute Gasteiger partial charge is 0.139 e. The zero-order valence-electron chi connectivity index (χ0n) is 10.7. The number of rotatable bonds is 0. The zero-order valence-corrected chi connectivity index (χ0v) is 11.6. The van der Waals surface area contributed by atoms with Gasteiger partial charge < -0.3 is 0 Å². The number of benzene rings is 2. The third-order valence-corrected chi connectivity index (χ3v) is 7.16. The van der Waals surface area contributed by atoms with Crippen LogP contribution >= 0.6 is 7.14 Å². The summed E-state index contributed by atoms with van der Waals surface area (Å²) >= 11 is 0. The molecule has 0 saturated heterocycles. The molecule has 1 aliphatic carbocycles. The van der Waals surface area contributed by atoms with Gasteiger partial charge in [0.25, 0.3) is 0 Å². The Kier molecular flexibility index (Phi) is 1.85. The van der Waals surface area contributed by atoms with Crippen LogP contribution in [0.2, 0.25) is 0 Å². The van der Waals surface area contributed by atoms with Crippen LogP contribution in [0.3, 0.4) is 0 Å². The molecule has 2 heteroatoms. The van der Waals surface area contributed by atoms with E-state index in [1.54, 1.807) is 32.5 Å². The van der Waals surface area contributed by atoms with Crippen molar-refractivity contribution in [1.29, 1.82) is 0 Å². The van der Waals surface area contributed by atoms with Gasteiger partial charge in [0, 0.05) is 5.16 Å². The Morgan fingerprint density at radius 1 is 0.889 bits per heavy atom. The average Bonchev–Trinajstić information content (AvgIpc) is 2.70. The standard InChI is InChI=1S/C16H20BP/c1-16(2,3)18(17)12-8-6-10-4-5-11-7-9-13(18)15(12)14(10)11/h6-9H,4-5H2,1-3,17H3. The molecule has 0 radical (unpaired) electrons. The molecule has 4 rings (SSSR count). The lowest BCUT2D eigenvalue weighted by Crippen LogP contribution is -2.45. The van der Waals surface area contributed by atoms with Gasteiger partial charge in [-0.3, -0.25) is 0 Å². The van der Waals surface area contributed by atoms with Crippen molar-refractivity contribution in [1.82, 2.24) is 0 Å². The van der Waals surface area contributed by atoms with E-state index in [-0.39, 0.29) is 0 Å². The van der Waals surface area contributed by atoms with Crippen LogP contribution in [0.25, 0.3) is 10.8 Å². The predicted molar refractivity (Wildman–Crippen MR) is 87.2 cm³/mol. The van der Waals surface area contributed by atoms with Crippen molar-refractivity contribution in [3.05, 3.63) is 35.4 Å². The van der Waals surface area contributed by atoms with E-state index >= 15 is 0 Å². The first-order valence-corrected chi connectivity index (χ1v) is 7.79. The van der Waals surface area contributed by atoms with Crippen LogP contribution in [0.4, 0.5) is 0 Å². The molecule has 92 valence electrons. The molecule has 0 fully saturated rings. The lowest BCUT2D eigenvalue weighted by Gasteiger charge is -2.49. The van der Waals surface area contributed by atoms with E-state index < -0.39 is 7.14 Å². The molecule has 2 aliphatic rings. The van der Waals surface area contributed by atoms with Crippen LogP contribution in [0, 0.1) is 0 Å². The highest BCUT2D eigenvalue weighted by Crippen LogP contribution is 2.69. The smallest absolute Gasteiger partial charge is 0.0861 e. The molecule has 1 heterocycles. The van der Waals surface area contributed by atoms with E-state index in [0.29, 0.717) is 12.7 Å². The van der Waals surface area contributed by atoms with E-state index in [4.69, 9.17) is 0 Å². The molecule has 0 N–H and O–H groups in total. The summed E-state index contributed by atoms with van der Waals surface area (Å²) in [6.07, 6.45) is 2.54. The average molecular weight is 254 g/mol. The Balaban J connectivity index is 2.12. The Morgan fingerprint density at radius 3 is 1.83 bits per heavy atom. The first kappa shape index (κ1) is 11.1. The summed E-state index contributed by atoms with van der Waals surface area (Å²) in [6.45, 7) is 7.43. The van der Waals surface area contributed by atoms with Crippen LogP contribution in [-0.2, 0) is 12.8 Å². The molecule has 18 heavy (non-hydrogen) atoms. The Morgan fingerprint density at radius 2 is 1.39 bits per heavy atom. The van der Waals surface area contributed by atoms with Gasteiger partial charge in [-0.2, -0.15) is 0 Å². The Hall–Kier alpha value is -0.805. The fraction of sp³-hybridized carbons (Fsp3) is 0.375. The maximum Gasteiger partial charge on any atom is 0.139 e. The molecule has 0 saturated carbocycles. The number of hydrogen-bond acceptors (Lipinski definition) is 0. The lowest BCUT2D eigenvalue weighted by atomic mass is 10.0. The quantitative estimate of drug-likeness (QED) is 0.500. The van der Waals surface area contributed by atoms with Crippen LogP contribution in [-0.4, -0.2) is 12.7 Å². The van der Waals surface area contributed by atoms with Crippen molar-refractivity contribution in [2.75, 3.05) is 0 Å². The topological polar surface area (TPSA) is 0 Å². The molecule has 0 bridgehead atoms. The van der Waals surface area contributed by atoms with Crippen molar-refractivity contribution in [3.8, 4) is 0 Å². The fourth-order valence-corrected chi connectivity index (χ4v) is 6.36. The highest BCUT2D eigenvalue weighted by molar-refractivity contribution is 8.11. The number of hydrogen-bond donors (Lipinski definition) is 0. The maximum absolute atomic E-state index is 2.51. The van der Waals surface area contributed by atoms with Crippen molar-refractivity contribution < 1.29 is 0 Å². The van der Waals surface area contributed by atoms with E-state index in [1.165, 1.54) is 12.8 Å². The summed E-state index contributed by atoms with van der Waals surface area (Å²) in [5, 5.41) is 7.45. The van der Waals surface area contributed by atoms with E-state index in [2.05, 4.69) is 45.0 Å². The molecule has 2 aromatic carbocycles.